The Morgan fingerprint density at radius 1 is 1.42 bits per heavy atom. The van der Waals surface area contributed by atoms with Gasteiger partial charge in [0, 0.05) is 0 Å². The molecule has 0 saturated heterocycles. The van der Waals surface area contributed by atoms with Crippen LogP contribution in [-0.4, -0.2) is 0 Å². The van der Waals surface area contributed by atoms with Crippen LogP contribution in [-0.2, 0) is 0 Å². The lowest BCUT2D eigenvalue weighted by Crippen LogP contribution is -2.12. The number of allylic oxidation sites excluding steroid dienone is 2. The van der Waals surface area contributed by atoms with E-state index in [9.17, 15) is 0 Å². The van der Waals surface area contributed by atoms with E-state index < -0.39 is 0 Å². The van der Waals surface area contributed by atoms with Crippen molar-refractivity contribution in [2.45, 2.75) is 52.4 Å². The van der Waals surface area contributed by atoms with Crippen LogP contribution in [0.4, 0.5) is 0 Å². The molecule has 0 saturated carbocycles. The van der Waals surface area contributed by atoms with Crippen molar-refractivity contribution in [1.29, 1.82) is 0 Å². The highest BCUT2D eigenvalue weighted by atomic mass is 14.2. The molecule has 0 nitrogen and oxygen atoms in total. The van der Waals surface area contributed by atoms with Gasteiger partial charge in [-0.05, 0) is 31.1 Å². The van der Waals surface area contributed by atoms with Crippen molar-refractivity contribution >= 4 is 0 Å². The van der Waals surface area contributed by atoms with Crippen LogP contribution in [0.5, 0.6) is 0 Å². The first kappa shape index (κ1) is 9.83. The zero-order valence-electron chi connectivity index (χ0n) is 8.55. The fraction of sp³-hybridized carbons (Fsp3) is 0.833. The first-order valence-corrected chi connectivity index (χ1v) is 5.49. The van der Waals surface area contributed by atoms with Gasteiger partial charge in [0.1, 0.15) is 0 Å². The molecule has 12 heavy (non-hydrogen) atoms. The summed E-state index contributed by atoms with van der Waals surface area (Å²) in [6.07, 6.45) is 13.0. The van der Waals surface area contributed by atoms with E-state index in [-0.39, 0.29) is 0 Å². The monoisotopic (exact) mass is 166 g/mol. The van der Waals surface area contributed by atoms with Gasteiger partial charge in [-0.1, -0.05) is 45.3 Å². The molecule has 0 amide bonds. The van der Waals surface area contributed by atoms with Crippen molar-refractivity contribution in [3.05, 3.63) is 12.2 Å². The lowest BCUT2D eigenvalue weighted by atomic mass is 9.81. The molecule has 0 radical (unpaired) electrons. The third kappa shape index (κ3) is 3.00. The Hall–Kier alpha value is -0.260. The summed E-state index contributed by atoms with van der Waals surface area (Å²) in [6.45, 7) is 4.72. The normalized spacial score (nSPS) is 25.7. The van der Waals surface area contributed by atoms with Gasteiger partial charge >= 0.3 is 0 Å². The van der Waals surface area contributed by atoms with Crippen molar-refractivity contribution < 1.29 is 0 Å². The minimum Gasteiger partial charge on any atom is -0.0885 e. The molecular formula is C12H22. The van der Waals surface area contributed by atoms with E-state index in [1.54, 1.807) is 0 Å². The molecule has 70 valence electrons. The van der Waals surface area contributed by atoms with Crippen molar-refractivity contribution in [3.63, 3.8) is 0 Å². The third-order valence-electron chi connectivity index (χ3n) is 3.13. The predicted octanol–water partition coefficient (Wildman–Crippen LogP) is 4.17. The van der Waals surface area contributed by atoms with Gasteiger partial charge in [0.2, 0.25) is 0 Å². The van der Waals surface area contributed by atoms with Crippen molar-refractivity contribution in [3.8, 4) is 0 Å². The Morgan fingerprint density at radius 3 is 2.83 bits per heavy atom. The van der Waals surface area contributed by atoms with E-state index in [1.165, 1.54) is 38.5 Å². The fourth-order valence-electron chi connectivity index (χ4n) is 2.10. The molecule has 0 N–H and O–H groups in total. The Morgan fingerprint density at radius 2 is 2.25 bits per heavy atom. The second-order valence-electron chi connectivity index (χ2n) is 4.16. The van der Waals surface area contributed by atoms with E-state index in [2.05, 4.69) is 26.0 Å². The summed E-state index contributed by atoms with van der Waals surface area (Å²) in [5.74, 6) is 1.94. The molecule has 0 aromatic rings. The molecule has 0 aromatic heterocycles. The van der Waals surface area contributed by atoms with Crippen molar-refractivity contribution in [2.24, 2.45) is 11.8 Å². The lowest BCUT2D eigenvalue weighted by Gasteiger charge is -2.24. The number of hydrogen-bond acceptors (Lipinski definition) is 0. The molecule has 2 unspecified atom stereocenters. The maximum atomic E-state index is 2.43. The van der Waals surface area contributed by atoms with Gasteiger partial charge in [-0.3, -0.25) is 0 Å². The van der Waals surface area contributed by atoms with Gasteiger partial charge < -0.3 is 0 Å². The average molecular weight is 166 g/mol. The molecule has 0 bridgehead atoms. The number of rotatable bonds is 4. The summed E-state index contributed by atoms with van der Waals surface area (Å²) in [7, 11) is 0. The number of hydrogen-bond donors (Lipinski definition) is 0. The summed E-state index contributed by atoms with van der Waals surface area (Å²) in [6, 6.07) is 0. The summed E-state index contributed by atoms with van der Waals surface area (Å²) >= 11 is 0. The second kappa shape index (κ2) is 5.40. The van der Waals surface area contributed by atoms with E-state index in [0.29, 0.717) is 0 Å². The minimum atomic E-state index is 0.954. The first-order chi connectivity index (χ1) is 5.84. The van der Waals surface area contributed by atoms with Gasteiger partial charge in [0.15, 0.2) is 0 Å². The molecular weight excluding hydrogens is 144 g/mol. The van der Waals surface area contributed by atoms with E-state index >= 15 is 0 Å². The molecule has 1 aliphatic rings. The number of unbranched alkanes of at least 4 members (excludes halogenated alkanes) is 1. The van der Waals surface area contributed by atoms with Crippen molar-refractivity contribution in [2.75, 3.05) is 0 Å². The molecule has 2 atom stereocenters. The highest BCUT2D eigenvalue weighted by molar-refractivity contribution is 4.91. The van der Waals surface area contributed by atoms with E-state index in [0.717, 1.165) is 11.8 Å². The molecule has 0 aliphatic heterocycles. The minimum absolute atomic E-state index is 0.954. The van der Waals surface area contributed by atoms with Gasteiger partial charge in [0.25, 0.3) is 0 Å². The Balaban J connectivity index is 2.21. The second-order valence-corrected chi connectivity index (χ2v) is 4.16. The summed E-state index contributed by atoms with van der Waals surface area (Å²) in [4.78, 5) is 0. The van der Waals surface area contributed by atoms with Crippen LogP contribution >= 0.6 is 0 Å². The molecule has 1 rings (SSSR count). The molecule has 0 heterocycles. The SMILES string of the molecule is CCCCC(C)C1CC=CCC1. The van der Waals surface area contributed by atoms with E-state index in [1.807, 2.05) is 0 Å². The third-order valence-corrected chi connectivity index (χ3v) is 3.13. The molecule has 0 spiro atoms. The highest BCUT2D eigenvalue weighted by Crippen LogP contribution is 2.28. The van der Waals surface area contributed by atoms with Crippen molar-refractivity contribution in [1.82, 2.24) is 0 Å². The average Bonchev–Trinajstić information content (AvgIpc) is 2.15. The summed E-state index contributed by atoms with van der Waals surface area (Å²) in [5.41, 5.74) is 0. The topological polar surface area (TPSA) is 0 Å². The molecule has 0 heteroatoms. The zero-order valence-corrected chi connectivity index (χ0v) is 8.55. The van der Waals surface area contributed by atoms with E-state index in [4.69, 9.17) is 0 Å². The van der Waals surface area contributed by atoms with Crippen LogP contribution < -0.4 is 0 Å². The smallest absolute Gasteiger partial charge is 0.0320 e. The van der Waals surface area contributed by atoms with Crippen LogP contribution in [0.2, 0.25) is 0 Å². The van der Waals surface area contributed by atoms with Crippen LogP contribution in [0.25, 0.3) is 0 Å². The molecule has 1 aliphatic carbocycles. The molecule has 0 aromatic carbocycles. The Labute approximate surface area is 77.1 Å². The predicted molar refractivity (Wildman–Crippen MR) is 55.2 cm³/mol. The standard InChI is InChI=1S/C12H22/c1-3-4-8-11(2)12-9-6-5-7-10-12/h5-6,11-12H,3-4,7-10H2,1-2H3. The largest absolute Gasteiger partial charge is 0.0885 e. The van der Waals surface area contributed by atoms with Gasteiger partial charge in [-0.2, -0.15) is 0 Å². The summed E-state index contributed by atoms with van der Waals surface area (Å²) in [5, 5.41) is 0. The van der Waals surface area contributed by atoms with Crippen LogP contribution in [0.3, 0.4) is 0 Å². The quantitative estimate of drug-likeness (QED) is 0.550. The van der Waals surface area contributed by atoms with Crippen LogP contribution in [0, 0.1) is 11.8 Å². The lowest BCUT2D eigenvalue weighted by molar-refractivity contribution is 0.308. The van der Waals surface area contributed by atoms with Gasteiger partial charge in [-0.15, -0.1) is 0 Å². The zero-order chi connectivity index (χ0) is 8.81. The first-order valence-electron chi connectivity index (χ1n) is 5.49. The highest BCUT2D eigenvalue weighted by Gasteiger charge is 2.16. The van der Waals surface area contributed by atoms with Gasteiger partial charge in [0.05, 0.1) is 0 Å². The summed E-state index contributed by atoms with van der Waals surface area (Å²) < 4.78 is 0. The fourth-order valence-corrected chi connectivity index (χ4v) is 2.10. The Kier molecular flexibility index (Phi) is 4.42. The maximum Gasteiger partial charge on any atom is -0.0320 e. The molecule has 0 fully saturated rings. The van der Waals surface area contributed by atoms with Crippen LogP contribution in [0.15, 0.2) is 12.2 Å². The van der Waals surface area contributed by atoms with Crippen LogP contribution in [0.1, 0.15) is 52.4 Å². The maximum absolute atomic E-state index is 2.43. The Bertz CT molecular complexity index is 135. The van der Waals surface area contributed by atoms with Gasteiger partial charge in [-0.25, -0.2) is 0 Å².